The van der Waals surface area contributed by atoms with Crippen LogP contribution in [0.2, 0.25) is 5.15 Å². The van der Waals surface area contributed by atoms with Gasteiger partial charge in [0.1, 0.15) is 11.4 Å². The molecule has 0 spiro atoms. The molecular formula is C19H21ClN2O3S. The van der Waals surface area contributed by atoms with Crippen molar-refractivity contribution in [2.75, 3.05) is 6.54 Å². The average molecular weight is 393 g/mol. The number of nitrogens with zero attached hydrogens (tertiary/aromatic N) is 1. The van der Waals surface area contributed by atoms with E-state index in [1.54, 1.807) is 24.3 Å². The van der Waals surface area contributed by atoms with Crippen LogP contribution in [0.1, 0.15) is 29.9 Å². The summed E-state index contributed by atoms with van der Waals surface area (Å²) in [6.07, 6.45) is 3.28. The molecule has 1 saturated heterocycles. The van der Waals surface area contributed by atoms with Crippen molar-refractivity contribution < 1.29 is 12.6 Å². The van der Waals surface area contributed by atoms with E-state index >= 15 is 0 Å². The van der Waals surface area contributed by atoms with Crippen molar-refractivity contribution in [1.29, 1.82) is 0 Å². The molecule has 4 rings (SSSR count). The number of fused-ring (bicyclic) bond motifs is 1. The van der Waals surface area contributed by atoms with Gasteiger partial charge in [0.2, 0.25) is 0 Å². The third-order valence-electron chi connectivity index (χ3n) is 5.54. The highest BCUT2D eigenvalue weighted by Gasteiger charge is 2.47. The van der Waals surface area contributed by atoms with Gasteiger partial charge in [0.05, 0.1) is 4.90 Å². The van der Waals surface area contributed by atoms with Crippen molar-refractivity contribution in [3.8, 4) is 0 Å². The fourth-order valence-corrected chi connectivity index (χ4v) is 5.37. The Labute approximate surface area is 158 Å². The molecule has 1 aromatic heterocycles. The topological polar surface area (TPSA) is 68.3 Å². The second-order valence-corrected chi connectivity index (χ2v) is 9.08. The van der Waals surface area contributed by atoms with E-state index in [4.69, 9.17) is 15.8 Å². The minimum absolute atomic E-state index is 0.177. The molecule has 0 bridgehead atoms. The molecule has 4 unspecified atom stereocenters. The molecule has 2 fully saturated rings. The summed E-state index contributed by atoms with van der Waals surface area (Å²) >= 11 is 5.88. The van der Waals surface area contributed by atoms with Crippen molar-refractivity contribution >= 4 is 21.7 Å². The quantitative estimate of drug-likeness (QED) is 0.637. The van der Waals surface area contributed by atoms with Crippen LogP contribution in [0, 0.1) is 18.8 Å². The van der Waals surface area contributed by atoms with Crippen LogP contribution in [0.5, 0.6) is 0 Å². The largest absolute Gasteiger partial charge is 0.298 e. The molecule has 1 N–H and O–H groups in total. The number of rotatable bonds is 4. The summed E-state index contributed by atoms with van der Waals surface area (Å²) in [5, 5.41) is 3.74. The Balaban J connectivity index is 1.49. The fourth-order valence-electron chi connectivity index (χ4n) is 4.19. The van der Waals surface area contributed by atoms with Crippen molar-refractivity contribution in [3.05, 3.63) is 58.9 Å². The van der Waals surface area contributed by atoms with Crippen LogP contribution >= 0.6 is 11.6 Å². The molecule has 138 valence electrons. The van der Waals surface area contributed by atoms with E-state index in [2.05, 4.69) is 10.3 Å². The number of benzene rings is 1. The molecule has 2 heterocycles. The normalized spacial score (nSPS) is 28.2. The maximum Gasteiger partial charge on any atom is 0.298 e. The second-order valence-electron chi connectivity index (χ2n) is 7.12. The van der Waals surface area contributed by atoms with Gasteiger partial charge in [-0.1, -0.05) is 35.4 Å². The Hall–Kier alpha value is -1.47. The third-order valence-corrected chi connectivity index (χ3v) is 7.07. The van der Waals surface area contributed by atoms with Gasteiger partial charge >= 0.3 is 0 Å². The fraction of sp³-hybridized carbons (Fsp3) is 0.421. The lowest BCUT2D eigenvalue weighted by atomic mass is 9.87. The van der Waals surface area contributed by atoms with Gasteiger partial charge < -0.3 is 0 Å². The molecule has 1 aliphatic carbocycles. The first-order valence-corrected chi connectivity index (χ1v) is 10.6. The number of aromatic nitrogens is 1. The lowest BCUT2D eigenvalue weighted by Crippen LogP contribution is -2.32. The highest BCUT2D eigenvalue weighted by Crippen LogP contribution is 2.48. The summed E-state index contributed by atoms with van der Waals surface area (Å²) in [7, 11) is -3.78. The summed E-state index contributed by atoms with van der Waals surface area (Å²) < 4.78 is 30.7. The van der Waals surface area contributed by atoms with Crippen molar-refractivity contribution in [3.63, 3.8) is 0 Å². The Morgan fingerprint density at radius 3 is 2.58 bits per heavy atom. The molecule has 26 heavy (non-hydrogen) atoms. The summed E-state index contributed by atoms with van der Waals surface area (Å²) in [5.74, 6) is 0.875. The summed E-state index contributed by atoms with van der Waals surface area (Å²) in [4.78, 5) is 4.38. The molecule has 0 radical (unpaired) electrons. The van der Waals surface area contributed by atoms with Gasteiger partial charge in [-0.3, -0.25) is 5.32 Å². The smallest absolute Gasteiger partial charge is 0.290 e. The Morgan fingerprint density at radius 1 is 1.12 bits per heavy atom. The molecule has 2 aliphatic rings. The Kier molecular flexibility index (Phi) is 4.77. The predicted molar refractivity (Wildman–Crippen MR) is 99.4 cm³/mol. The zero-order chi connectivity index (χ0) is 18.3. The first-order valence-electron chi connectivity index (χ1n) is 8.79. The van der Waals surface area contributed by atoms with Crippen LogP contribution < -0.4 is 5.32 Å². The average Bonchev–Trinajstić information content (AvgIpc) is 3.19. The molecule has 1 saturated carbocycles. The zero-order valence-electron chi connectivity index (χ0n) is 14.4. The third kappa shape index (κ3) is 3.39. The lowest BCUT2D eigenvalue weighted by molar-refractivity contribution is 0.140. The second kappa shape index (κ2) is 6.93. The van der Waals surface area contributed by atoms with Gasteiger partial charge in [-0.2, -0.15) is 8.42 Å². The van der Waals surface area contributed by atoms with E-state index in [-0.39, 0.29) is 10.8 Å². The Bertz CT molecular complexity index is 884. The molecule has 1 aromatic carbocycles. The van der Waals surface area contributed by atoms with Crippen LogP contribution in [0.25, 0.3) is 0 Å². The number of halogens is 1. The molecular weight excluding hydrogens is 372 g/mol. The molecule has 5 nitrogen and oxygen atoms in total. The summed E-state index contributed by atoms with van der Waals surface area (Å²) in [6.45, 7) is 2.66. The van der Waals surface area contributed by atoms with E-state index in [0.717, 1.165) is 30.5 Å². The van der Waals surface area contributed by atoms with Gasteiger partial charge in [-0.15, -0.1) is 0 Å². The predicted octanol–water partition coefficient (Wildman–Crippen LogP) is 3.49. The van der Waals surface area contributed by atoms with Crippen LogP contribution in [-0.4, -0.2) is 26.2 Å². The minimum Gasteiger partial charge on any atom is -0.290 e. The maximum absolute atomic E-state index is 12.6. The SMILES string of the molecule is Cc1ccc(S(=O)(=O)OC2NCC3C(c4ccc(Cl)nc4)CCC23)cc1. The molecule has 7 heteroatoms. The number of hydrogen-bond donors (Lipinski definition) is 1. The Morgan fingerprint density at radius 2 is 1.88 bits per heavy atom. The minimum atomic E-state index is -3.78. The van der Waals surface area contributed by atoms with E-state index in [9.17, 15) is 8.42 Å². The van der Waals surface area contributed by atoms with Crippen molar-refractivity contribution in [1.82, 2.24) is 10.3 Å². The number of nitrogens with one attached hydrogen (secondary N) is 1. The van der Waals surface area contributed by atoms with Crippen LogP contribution in [0.3, 0.4) is 0 Å². The molecule has 0 amide bonds. The standard InChI is InChI=1S/C19H21ClN2O3S/c1-12-2-5-14(6-3-12)26(23,24)25-19-16-8-7-15(17(16)11-22-19)13-4-9-18(20)21-10-13/h2-6,9-10,15-17,19,22H,7-8,11H2,1H3. The van der Waals surface area contributed by atoms with Gasteiger partial charge in [0.25, 0.3) is 10.1 Å². The number of aryl methyl sites for hydroxylation is 1. The zero-order valence-corrected chi connectivity index (χ0v) is 16.0. The van der Waals surface area contributed by atoms with Crippen LogP contribution in [-0.2, 0) is 14.3 Å². The first-order chi connectivity index (χ1) is 12.4. The number of hydrogen-bond acceptors (Lipinski definition) is 5. The van der Waals surface area contributed by atoms with E-state index in [0.29, 0.717) is 17.0 Å². The van der Waals surface area contributed by atoms with E-state index in [1.807, 2.05) is 25.3 Å². The highest BCUT2D eigenvalue weighted by atomic mass is 35.5. The van der Waals surface area contributed by atoms with Gasteiger partial charge in [0.15, 0.2) is 0 Å². The van der Waals surface area contributed by atoms with Gasteiger partial charge in [0, 0.05) is 18.7 Å². The lowest BCUT2D eigenvalue weighted by Gasteiger charge is -2.20. The summed E-state index contributed by atoms with van der Waals surface area (Å²) in [5.41, 5.74) is 2.17. The van der Waals surface area contributed by atoms with Crippen molar-refractivity contribution in [2.24, 2.45) is 11.8 Å². The maximum atomic E-state index is 12.6. The first kappa shape index (κ1) is 17.9. The number of pyridine rings is 1. The van der Waals surface area contributed by atoms with Crippen LogP contribution in [0.15, 0.2) is 47.5 Å². The monoisotopic (exact) mass is 392 g/mol. The van der Waals surface area contributed by atoms with Crippen LogP contribution in [0.4, 0.5) is 0 Å². The van der Waals surface area contributed by atoms with Gasteiger partial charge in [-0.05, 0) is 55.4 Å². The molecule has 1 aliphatic heterocycles. The molecule has 2 aromatic rings. The molecule has 4 atom stereocenters. The summed E-state index contributed by atoms with van der Waals surface area (Å²) in [6, 6.07) is 10.6. The highest BCUT2D eigenvalue weighted by molar-refractivity contribution is 7.86. The van der Waals surface area contributed by atoms with E-state index < -0.39 is 16.3 Å². The van der Waals surface area contributed by atoms with Gasteiger partial charge in [-0.25, -0.2) is 9.17 Å². The van der Waals surface area contributed by atoms with E-state index in [1.165, 1.54) is 0 Å². The van der Waals surface area contributed by atoms with Crippen molar-refractivity contribution in [2.45, 2.75) is 36.8 Å².